The number of hydrogen-bond donors (Lipinski definition) is 1. The van der Waals surface area contributed by atoms with Gasteiger partial charge >= 0.3 is 0 Å². The van der Waals surface area contributed by atoms with Crippen LogP contribution in [-0.2, 0) is 6.54 Å². The lowest BCUT2D eigenvalue weighted by Crippen LogP contribution is -2.33. The van der Waals surface area contributed by atoms with Gasteiger partial charge in [0.25, 0.3) is 0 Å². The molecule has 112 valence electrons. The number of aliphatic hydroxyl groups is 1. The van der Waals surface area contributed by atoms with Crippen LogP contribution < -0.4 is 4.57 Å². The van der Waals surface area contributed by atoms with E-state index in [0.717, 1.165) is 25.8 Å². The van der Waals surface area contributed by atoms with E-state index in [0.29, 0.717) is 0 Å². The molecule has 1 saturated carbocycles. The summed E-state index contributed by atoms with van der Waals surface area (Å²) in [6, 6.07) is 0.289. The van der Waals surface area contributed by atoms with Crippen LogP contribution in [0.25, 0.3) is 0 Å². The molecule has 1 aromatic rings. The zero-order valence-electron chi connectivity index (χ0n) is 12.6. The Balaban J connectivity index is 1.73. The number of unbranched alkanes of at least 4 members (excludes halogenated alkanes) is 4. The van der Waals surface area contributed by atoms with Crippen molar-refractivity contribution in [3.8, 4) is 0 Å². The van der Waals surface area contributed by atoms with Crippen molar-refractivity contribution in [3.63, 3.8) is 0 Å². The van der Waals surface area contributed by atoms with Crippen LogP contribution in [0.1, 0.15) is 63.8 Å². The molecule has 2 unspecified atom stereocenters. The summed E-state index contributed by atoms with van der Waals surface area (Å²) in [5.74, 6) is 0. The third kappa shape index (κ3) is 4.48. The quantitative estimate of drug-likeness (QED) is 0.440. The maximum Gasteiger partial charge on any atom is 0.244 e. The Kier molecular flexibility index (Phi) is 6.31. The van der Waals surface area contributed by atoms with Crippen LogP contribution in [0.15, 0.2) is 31.4 Å². The Bertz CT molecular complexity index is 399. The highest BCUT2D eigenvalue weighted by molar-refractivity contribution is 4.83. The average molecular weight is 277 g/mol. The van der Waals surface area contributed by atoms with Crippen molar-refractivity contribution in [1.29, 1.82) is 0 Å². The molecule has 2 rings (SSSR count). The van der Waals surface area contributed by atoms with Crippen molar-refractivity contribution in [2.45, 2.75) is 76.5 Å². The normalized spacial score (nSPS) is 22.9. The molecule has 0 spiro atoms. The standard InChI is InChI=1S/C17H29N2O/c1-2-3-4-5-6-9-12-18-13-14-19(15-18)16-10-7-8-11-17(16)20/h2,13-17,20H,1,3-12H2/q+1. The molecule has 1 aromatic heterocycles. The molecular formula is C17H29N2O+. The van der Waals surface area contributed by atoms with Crippen LogP contribution in [0.2, 0.25) is 0 Å². The number of aliphatic hydroxyl groups excluding tert-OH is 1. The summed E-state index contributed by atoms with van der Waals surface area (Å²) in [4.78, 5) is 0. The predicted molar refractivity (Wildman–Crippen MR) is 81.4 cm³/mol. The van der Waals surface area contributed by atoms with Crippen LogP contribution in [0.4, 0.5) is 0 Å². The number of rotatable bonds is 8. The Hall–Kier alpha value is -1.09. The summed E-state index contributed by atoms with van der Waals surface area (Å²) in [6.07, 6.45) is 19.0. The van der Waals surface area contributed by atoms with Gasteiger partial charge in [0.05, 0.1) is 12.6 Å². The van der Waals surface area contributed by atoms with E-state index in [1.807, 2.05) is 6.08 Å². The van der Waals surface area contributed by atoms with Crippen molar-refractivity contribution in [2.75, 3.05) is 0 Å². The Morgan fingerprint density at radius 1 is 1.20 bits per heavy atom. The summed E-state index contributed by atoms with van der Waals surface area (Å²) >= 11 is 0. The van der Waals surface area contributed by atoms with Crippen molar-refractivity contribution < 1.29 is 9.67 Å². The number of aromatic nitrogens is 2. The number of nitrogens with zero attached hydrogens (tertiary/aromatic N) is 2. The fourth-order valence-corrected chi connectivity index (χ4v) is 3.12. The highest BCUT2D eigenvalue weighted by atomic mass is 16.3. The Morgan fingerprint density at radius 2 is 2.00 bits per heavy atom. The lowest BCUT2D eigenvalue weighted by molar-refractivity contribution is -0.697. The number of hydrogen-bond acceptors (Lipinski definition) is 1. The van der Waals surface area contributed by atoms with Gasteiger partial charge in [-0.2, -0.15) is 0 Å². The van der Waals surface area contributed by atoms with Gasteiger partial charge in [-0.1, -0.05) is 18.9 Å². The van der Waals surface area contributed by atoms with Crippen LogP contribution in [-0.4, -0.2) is 15.8 Å². The predicted octanol–water partition coefficient (Wildman–Crippen LogP) is 3.39. The van der Waals surface area contributed by atoms with E-state index in [4.69, 9.17) is 0 Å². The summed E-state index contributed by atoms with van der Waals surface area (Å²) in [6.45, 7) is 4.84. The maximum absolute atomic E-state index is 10.1. The first-order valence-corrected chi connectivity index (χ1v) is 8.17. The molecule has 1 aliphatic rings. The third-order valence-electron chi connectivity index (χ3n) is 4.36. The number of imidazole rings is 1. The molecule has 0 radical (unpaired) electrons. The summed E-state index contributed by atoms with van der Waals surface area (Å²) in [7, 11) is 0. The fourth-order valence-electron chi connectivity index (χ4n) is 3.12. The molecule has 3 nitrogen and oxygen atoms in total. The fraction of sp³-hybridized carbons (Fsp3) is 0.706. The minimum Gasteiger partial charge on any atom is -0.389 e. The minimum atomic E-state index is -0.163. The minimum absolute atomic E-state index is 0.163. The summed E-state index contributed by atoms with van der Waals surface area (Å²) < 4.78 is 4.47. The second kappa shape index (κ2) is 8.25. The van der Waals surface area contributed by atoms with Crippen LogP contribution in [0.5, 0.6) is 0 Å². The third-order valence-corrected chi connectivity index (χ3v) is 4.36. The molecule has 1 N–H and O–H groups in total. The van der Waals surface area contributed by atoms with Crippen molar-refractivity contribution in [2.24, 2.45) is 0 Å². The monoisotopic (exact) mass is 277 g/mol. The second-order valence-electron chi connectivity index (χ2n) is 6.01. The van der Waals surface area contributed by atoms with Gasteiger partial charge < -0.3 is 5.11 Å². The van der Waals surface area contributed by atoms with Gasteiger partial charge in [-0.15, -0.1) is 6.58 Å². The Morgan fingerprint density at radius 3 is 2.80 bits per heavy atom. The first-order valence-electron chi connectivity index (χ1n) is 8.17. The highest BCUT2D eigenvalue weighted by Gasteiger charge is 2.28. The van der Waals surface area contributed by atoms with Gasteiger partial charge in [0.15, 0.2) is 0 Å². The zero-order chi connectivity index (χ0) is 14.2. The van der Waals surface area contributed by atoms with E-state index in [1.54, 1.807) is 0 Å². The van der Waals surface area contributed by atoms with E-state index in [1.165, 1.54) is 38.5 Å². The molecule has 20 heavy (non-hydrogen) atoms. The van der Waals surface area contributed by atoms with E-state index in [-0.39, 0.29) is 12.1 Å². The van der Waals surface area contributed by atoms with Gasteiger partial charge in [-0.25, -0.2) is 9.13 Å². The van der Waals surface area contributed by atoms with E-state index < -0.39 is 0 Å². The molecule has 1 fully saturated rings. The van der Waals surface area contributed by atoms with Crippen LogP contribution in [0, 0.1) is 0 Å². The number of allylic oxidation sites excluding steroid dienone is 1. The van der Waals surface area contributed by atoms with Crippen LogP contribution >= 0.6 is 0 Å². The van der Waals surface area contributed by atoms with E-state index >= 15 is 0 Å². The van der Waals surface area contributed by atoms with Gasteiger partial charge in [-0.3, -0.25) is 0 Å². The van der Waals surface area contributed by atoms with Crippen molar-refractivity contribution in [3.05, 3.63) is 31.4 Å². The number of aryl methyl sites for hydroxylation is 1. The van der Waals surface area contributed by atoms with Crippen molar-refractivity contribution in [1.82, 2.24) is 4.57 Å². The smallest absolute Gasteiger partial charge is 0.244 e. The maximum atomic E-state index is 10.1. The summed E-state index contributed by atoms with van der Waals surface area (Å²) in [5.41, 5.74) is 0. The molecule has 0 aliphatic heterocycles. The van der Waals surface area contributed by atoms with Gasteiger partial charge in [-0.05, 0) is 44.9 Å². The average Bonchev–Trinajstić information content (AvgIpc) is 2.92. The SMILES string of the molecule is C=CCCCCCC[n+]1ccn(C2CCCCC2O)c1. The largest absolute Gasteiger partial charge is 0.389 e. The van der Waals surface area contributed by atoms with Crippen molar-refractivity contribution >= 4 is 0 Å². The molecule has 1 heterocycles. The van der Waals surface area contributed by atoms with E-state index in [9.17, 15) is 5.11 Å². The first-order chi connectivity index (χ1) is 9.81. The molecular weight excluding hydrogens is 248 g/mol. The highest BCUT2D eigenvalue weighted by Crippen LogP contribution is 2.27. The molecule has 2 atom stereocenters. The molecule has 1 aliphatic carbocycles. The van der Waals surface area contributed by atoms with E-state index in [2.05, 4.69) is 34.4 Å². The summed E-state index contributed by atoms with van der Waals surface area (Å²) in [5, 5.41) is 10.1. The molecule has 0 saturated heterocycles. The topological polar surface area (TPSA) is 29.0 Å². The van der Waals surface area contributed by atoms with Gasteiger partial charge in [0.1, 0.15) is 18.4 Å². The molecule has 0 aromatic carbocycles. The van der Waals surface area contributed by atoms with Crippen LogP contribution in [0.3, 0.4) is 0 Å². The second-order valence-corrected chi connectivity index (χ2v) is 6.01. The molecule has 0 amide bonds. The lowest BCUT2D eigenvalue weighted by Gasteiger charge is -2.24. The lowest BCUT2D eigenvalue weighted by atomic mass is 9.92. The zero-order valence-corrected chi connectivity index (χ0v) is 12.6. The Labute approximate surface area is 122 Å². The molecule has 0 bridgehead atoms. The van der Waals surface area contributed by atoms with Gasteiger partial charge in [0.2, 0.25) is 6.33 Å². The first kappa shape index (κ1) is 15.3. The van der Waals surface area contributed by atoms with Gasteiger partial charge in [0, 0.05) is 0 Å². The molecule has 3 heteroatoms.